The largest absolute Gasteiger partial charge is 0.390 e. The van der Waals surface area contributed by atoms with Crippen molar-refractivity contribution in [3.05, 3.63) is 0 Å². The first-order valence-corrected chi connectivity index (χ1v) is 3.48. The summed E-state index contributed by atoms with van der Waals surface area (Å²) in [5.41, 5.74) is -0.760. The second-order valence-electron chi connectivity index (χ2n) is 3.24. The van der Waals surface area contributed by atoms with Crippen LogP contribution < -0.4 is 0 Å². The third kappa shape index (κ3) is 1.48. The highest BCUT2D eigenvalue weighted by molar-refractivity contribution is 5.77. The van der Waals surface area contributed by atoms with E-state index in [-0.39, 0.29) is 12.3 Å². The normalized spacial score (nSPS) is 34.7. The number of amides is 1. The summed E-state index contributed by atoms with van der Waals surface area (Å²) in [6.07, 6.45) is 0.957. The van der Waals surface area contributed by atoms with E-state index in [0.29, 0.717) is 13.0 Å². The topological polar surface area (TPSA) is 40.5 Å². The Morgan fingerprint density at radius 1 is 1.70 bits per heavy atom. The molecule has 1 aliphatic rings. The van der Waals surface area contributed by atoms with Gasteiger partial charge < -0.3 is 10.0 Å². The second-order valence-corrected chi connectivity index (χ2v) is 3.24. The van der Waals surface area contributed by atoms with Gasteiger partial charge in [-0.15, -0.1) is 0 Å². The van der Waals surface area contributed by atoms with Gasteiger partial charge >= 0.3 is 0 Å². The zero-order valence-corrected chi connectivity index (χ0v) is 6.42. The van der Waals surface area contributed by atoms with Crippen molar-refractivity contribution in [2.75, 3.05) is 13.6 Å². The number of rotatable bonds is 0. The SMILES string of the molecule is CN1CCC(C)(O)CC1=O. The molecule has 1 atom stereocenters. The number of hydrogen-bond donors (Lipinski definition) is 1. The van der Waals surface area contributed by atoms with E-state index in [1.807, 2.05) is 0 Å². The maximum Gasteiger partial charge on any atom is 0.225 e. The molecule has 1 N–H and O–H groups in total. The molecule has 0 spiro atoms. The molecular weight excluding hydrogens is 130 g/mol. The van der Waals surface area contributed by atoms with Crippen molar-refractivity contribution in [1.29, 1.82) is 0 Å². The van der Waals surface area contributed by atoms with E-state index in [0.717, 1.165) is 0 Å². The van der Waals surface area contributed by atoms with Crippen LogP contribution in [0, 0.1) is 0 Å². The summed E-state index contributed by atoms with van der Waals surface area (Å²) in [5, 5.41) is 9.42. The number of likely N-dealkylation sites (tertiary alicyclic amines) is 1. The summed E-state index contributed by atoms with van der Waals surface area (Å²) < 4.78 is 0. The van der Waals surface area contributed by atoms with Crippen LogP contribution in [-0.2, 0) is 4.79 Å². The first-order chi connectivity index (χ1) is 4.51. The fraction of sp³-hybridized carbons (Fsp3) is 0.857. The van der Waals surface area contributed by atoms with Crippen LogP contribution in [0.2, 0.25) is 0 Å². The van der Waals surface area contributed by atoms with Crippen LogP contribution in [0.3, 0.4) is 0 Å². The molecule has 0 aromatic carbocycles. The molecule has 0 radical (unpaired) electrons. The number of aliphatic hydroxyl groups is 1. The molecule has 58 valence electrons. The van der Waals surface area contributed by atoms with Crippen molar-refractivity contribution in [3.8, 4) is 0 Å². The maximum atomic E-state index is 11.0. The van der Waals surface area contributed by atoms with Gasteiger partial charge in [0.1, 0.15) is 0 Å². The van der Waals surface area contributed by atoms with Gasteiger partial charge in [-0.1, -0.05) is 0 Å². The molecule has 10 heavy (non-hydrogen) atoms. The van der Waals surface area contributed by atoms with Crippen molar-refractivity contribution in [1.82, 2.24) is 4.90 Å². The van der Waals surface area contributed by atoms with E-state index in [2.05, 4.69) is 0 Å². The van der Waals surface area contributed by atoms with Gasteiger partial charge in [-0.25, -0.2) is 0 Å². The standard InChI is InChI=1S/C7H13NO2/c1-7(10)3-4-8(2)6(9)5-7/h10H,3-5H2,1-2H3. The van der Waals surface area contributed by atoms with E-state index in [1.54, 1.807) is 18.9 Å². The predicted octanol–water partition coefficient (Wildman–Crippen LogP) is -0.0104. The molecule has 1 fully saturated rings. The first-order valence-electron chi connectivity index (χ1n) is 3.48. The third-order valence-electron chi connectivity index (χ3n) is 1.94. The van der Waals surface area contributed by atoms with Crippen LogP contribution in [0.1, 0.15) is 19.8 Å². The Morgan fingerprint density at radius 2 is 2.30 bits per heavy atom. The van der Waals surface area contributed by atoms with Gasteiger partial charge in [-0.2, -0.15) is 0 Å². The molecular formula is C7H13NO2. The highest BCUT2D eigenvalue weighted by Gasteiger charge is 2.30. The zero-order valence-electron chi connectivity index (χ0n) is 6.42. The molecule has 1 amide bonds. The Labute approximate surface area is 60.6 Å². The lowest BCUT2D eigenvalue weighted by molar-refractivity contribution is -0.140. The summed E-state index contributed by atoms with van der Waals surface area (Å²) in [4.78, 5) is 12.6. The Balaban J connectivity index is 2.57. The fourth-order valence-corrected chi connectivity index (χ4v) is 1.08. The van der Waals surface area contributed by atoms with E-state index >= 15 is 0 Å². The quantitative estimate of drug-likeness (QED) is 0.518. The average Bonchev–Trinajstić information content (AvgIpc) is 1.79. The van der Waals surface area contributed by atoms with Gasteiger partial charge in [0.05, 0.1) is 12.0 Å². The third-order valence-corrected chi connectivity index (χ3v) is 1.94. The fourth-order valence-electron chi connectivity index (χ4n) is 1.08. The van der Waals surface area contributed by atoms with E-state index in [9.17, 15) is 9.90 Å². The lowest BCUT2D eigenvalue weighted by Crippen LogP contribution is -2.44. The molecule has 3 nitrogen and oxygen atoms in total. The van der Waals surface area contributed by atoms with Gasteiger partial charge in [0.2, 0.25) is 5.91 Å². The predicted molar refractivity (Wildman–Crippen MR) is 37.5 cm³/mol. The Bertz CT molecular complexity index is 154. The van der Waals surface area contributed by atoms with Crippen molar-refractivity contribution in [2.45, 2.75) is 25.4 Å². The molecule has 1 heterocycles. The number of hydrogen-bond acceptors (Lipinski definition) is 2. The van der Waals surface area contributed by atoms with Crippen LogP contribution in [0.4, 0.5) is 0 Å². The molecule has 0 aromatic heterocycles. The van der Waals surface area contributed by atoms with Crippen molar-refractivity contribution >= 4 is 5.91 Å². The Hall–Kier alpha value is -0.570. The van der Waals surface area contributed by atoms with Crippen molar-refractivity contribution < 1.29 is 9.90 Å². The molecule has 3 heteroatoms. The summed E-state index contributed by atoms with van der Waals surface area (Å²) in [5.74, 6) is 0.0382. The zero-order chi connectivity index (χ0) is 7.78. The second kappa shape index (κ2) is 2.23. The summed E-state index contributed by atoms with van der Waals surface area (Å²) in [6.45, 7) is 2.38. The monoisotopic (exact) mass is 143 g/mol. The van der Waals surface area contributed by atoms with Crippen molar-refractivity contribution in [3.63, 3.8) is 0 Å². The van der Waals surface area contributed by atoms with Crippen LogP contribution in [0.15, 0.2) is 0 Å². The minimum Gasteiger partial charge on any atom is -0.390 e. The summed E-state index contributed by atoms with van der Waals surface area (Å²) >= 11 is 0. The minimum absolute atomic E-state index is 0.0382. The van der Waals surface area contributed by atoms with Gasteiger partial charge in [0.15, 0.2) is 0 Å². The number of nitrogens with zero attached hydrogens (tertiary/aromatic N) is 1. The van der Waals surface area contributed by atoms with E-state index in [4.69, 9.17) is 0 Å². The van der Waals surface area contributed by atoms with Crippen LogP contribution in [0.25, 0.3) is 0 Å². The Morgan fingerprint density at radius 3 is 2.70 bits per heavy atom. The van der Waals surface area contributed by atoms with E-state index < -0.39 is 5.60 Å². The maximum absolute atomic E-state index is 11.0. The van der Waals surface area contributed by atoms with Crippen molar-refractivity contribution in [2.24, 2.45) is 0 Å². The smallest absolute Gasteiger partial charge is 0.225 e. The summed E-state index contributed by atoms with van der Waals surface area (Å²) in [6, 6.07) is 0. The molecule has 1 rings (SSSR count). The molecule has 1 aliphatic heterocycles. The highest BCUT2D eigenvalue weighted by atomic mass is 16.3. The minimum atomic E-state index is -0.760. The summed E-state index contributed by atoms with van der Waals surface area (Å²) in [7, 11) is 1.76. The lowest BCUT2D eigenvalue weighted by atomic mass is 9.94. The molecule has 0 aromatic rings. The van der Waals surface area contributed by atoms with Crippen LogP contribution in [-0.4, -0.2) is 35.1 Å². The first kappa shape index (κ1) is 7.54. The molecule has 0 saturated carbocycles. The van der Waals surface area contributed by atoms with E-state index in [1.165, 1.54) is 0 Å². The van der Waals surface area contributed by atoms with Gasteiger partial charge in [-0.3, -0.25) is 4.79 Å². The molecule has 1 unspecified atom stereocenters. The van der Waals surface area contributed by atoms with Gasteiger partial charge in [0, 0.05) is 13.6 Å². The molecule has 0 bridgehead atoms. The van der Waals surface area contributed by atoms with Crippen LogP contribution >= 0.6 is 0 Å². The van der Waals surface area contributed by atoms with Gasteiger partial charge in [-0.05, 0) is 13.3 Å². The number of carbonyl (C=O) groups excluding carboxylic acids is 1. The molecule has 0 aliphatic carbocycles. The number of piperidine rings is 1. The number of carbonyl (C=O) groups is 1. The van der Waals surface area contributed by atoms with Crippen LogP contribution in [0.5, 0.6) is 0 Å². The van der Waals surface area contributed by atoms with Gasteiger partial charge in [0.25, 0.3) is 0 Å². The Kier molecular flexibility index (Phi) is 1.68. The average molecular weight is 143 g/mol. The highest BCUT2D eigenvalue weighted by Crippen LogP contribution is 2.20. The lowest BCUT2D eigenvalue weighted by Gasteiger charge is -2.32. The molecule has 1 saturated heterocycles.